The predicted molar refractivity (Wildman–Crippen MR) is 111 cm³/mol. The molecule has 1 aromatic heterocycles. The molecule has 2 aliphatic carbocycles. The van der Waals surface area contributed by atoms with Gasteiger partial charge >= 0.3 is 0 Å². The number of carbonyl (C=O) groups is 2. The zero-order valence-corrected chi connectivity index (χ0v) is 16.8. The molecule has 154 valence electrons. The number of furan rings is 1. The molecule has 2 fully saturated rings. The summed E-state index contributed by atoms with van der Waals surface area (Å²) in [5.74, 6) is -0.315. The van der Waals surface area contributed by atoms with E-state index in [9.17, 15) is 14.0 Å². The quantitative estimate of drug-likeness (QED) is 0.652. The van der Waals surface area contributed by atoms with Gasteiger partial charge in [-0.05, 0) is 68.5 Å². The molecule has 0 aliphatic heterocycles. The van der Waals surface area contributed by atoms with Gasteiger partial charge in [0.2, 0.25) is 0 Å². The Morgan fingerprint density at radius 2 is 1.83 bits per heavy atom. The monoisotopic (exact) mass is 406 g/mol. The van der Waals surface area contributed by atoms with Crippen molar-refractivity contribution in [3.05, 3.63) is 70.7 Å². The highest BCUT2D eigenvalue weighted by atomic mass is 19.1. The fourth-order valence-electron chi connectivity index (χ4n) is 3.74. The molecule has 1 heterocycles. The number of rotatable bonds is 6. The predicted octanol–water partition coefficient (Wildman–Crippen LogP) is 4.58. The Hall–Kier alpha value is -3.15. The minimum Gasteiger partial charge on any atom is -0.451 e. The lowest BCUT2D eigenvalue weighted by molar-refractivity contribution is 0.0698. The summed E-state index contributed by atoms with van der Waals surface area (Å²) in [5.41, 5.74) is 2.76. The molecule has 1 N–H and O–H groups in total. The van der Waals surface area contributed by atoms with E-state index in [1.54, 1.807) is 25.1 Å². The van der Waals surface area contributed by atoms with Crippen LogP contribution in [0.2, 0.25) is 0 Å². The van der Waals surface area contributed by atoms with E-state index in [0.29, 0.717) is 34.7 Å². The maximum atomic E-state index is 13.6. The van der Waals surface area contributed by atoms with Crippen LogP contribution in [0.4, 0.5) is 4.39 Å². The van der Waals surface area contributed by atoms with Gasteiger partial charge in [-0.2, -0.15) is 0 Å². The van der Waals surface area contributed by atoms with Crippen LogP contribution in [0.15, 0.2) is 46.9 Å². The first-order valence-corrected chi connectivity index (χ1v) is 10.4. The molecule has 2 aromatic carbocycles. The molecular weight excluding hydrogens is 383 g/mol. The average Bonchev–Trinajstić information content (AvgIpc) is 3.66. The van der Waals surface area contributed by atoms with E-state index in [0.717, 1.165) is 31.2 Å². The lowest BCUT2D eigenvalue weighted by Gasteiger charge is -2.22. The van der Waals surface area contributed by atoms with Crippen LogP contribution < -0.4 is 5.32 Å². The second-order valence-electron chi connectivity index (χ2n) is 8.31. The fourth-order valence-corrected chi connectivity index (χ4v) is 3.74. The highest BCUT2D eigenvalue weighted by Gasteiger charge is 2.35. The van der Waals surface area contributed by atoms with Crippen molar-refractivity contribution >= 4 is 22.8 Å². The molecule has 0 radical (unpaired) electrons. The SMILES string of the molecule is Cc1c(C(=O)N(Cc2ccc(C(=O)NC3CC3)cc2)C2CC2)oc2ccc(F)cc12. The van der Waals surface area contributed by atoms with Gasteiger partial charge in [0.1, 0.15) is 11.4 Å². The summed E-state index contributed by atoms with van der Waals surface area (Å²) >= 11 is 0. The molecule has 2 saturated carbocycles. The van der Waals surface area contributed by atoms with Gasteiger partial charge in [0.25, 0.3) is 11.8 Å². The fraction of sp³-hybridized carbons (Fsp3) is 0.333. The van der Waals surface area contributed by atoms with Crippen LogP contribution in [0, 0.1) is 12.7 Å². The van der Waals surface area contributed by atoms with Crippen LogP contribution in [-0.2, 0) is 6.54 Å². The van der Waals surface area contributed by atoms with Gasteiger partial charge in [-0.3, -0.25) is 9.59 Å². The zero-order chi connectivity index (χ0) is 20.8. The average molecular weight is 406 g/mol. The summed E-state index contributed by atoms with van der Waals surface area (Å²) in [6.45, 7) is 2.23. The zero-order valence-electron chi connectivity index (χ0n) is 16.8. The number of fused-ring (bicyclic) bond motifs is 1. The molecule has 0 atom stereocenters. The van der Waals surface area contributed by atoms with Crippen molar-refractivity contribution < 1.29 is 18.4 Å². The van der Waals surface area contributed by atoms with Gasteiger partial charge in [0.15, 0.2) is 5.76 Å². The van der Waals surface area contributed by atoms with Gasteiger partial charge < -0.3 is 14.6 Å². The summed E-state index contributed by atoms with van der Waals surface area (Å²) < 4.78 is 19.4. The van der Waals surface area contributed by atoms with Crippen LogP contribution in [0.3, 0.4) is 0 Å². The number of aryl methyl sites for hydroxylation is 1. The van der Waals surface area contributed by atoms with Crippen molar-refractivity contribution in [1.29, 1.82) is 0 Å². The van der Waals surface area contributed by atoms with Crippen molar-refractivity contribution in [2.75, 3.05) is 0 Å². The highest BCUT2D eigenvalue weighted by Crippen LogP contribution is 2.33. The van der Waals surface area contributed by atoms with Crippen LogP contribution in [-0.4, -0.2) is 28.8 Å². The molecule has 0 unspecified atom stereocenters. The maximum absolute atomic E-state index is 13.6. The minimum absolute atomic E-state index is 0.0516. The number of hydrogen-bond donors (Lipinski definition) is 1. The Morgan fingerprint density at radius 3 is 2.50 bits per heavy atom. The molecule has 0 bridgehead atoms. The summed E-state index contributed by atoms with van der Waals surface area (Å²) in [4.78, 5) is 27.3. The first kappa shape index (κ1) is 18.9. The number of carbonyl (C=O) groups excluding carboxylic acids is 2. The third-order valence-electron chi connectivity index (χ3n) is 5.82. The van der Waals surface area contributed by atoms with E-state index < -0.39 is 0 Å². The molecule has 30 heavy (non-hydrogen) atoms. The summed E-state index contributed by atoms with van der Waals surface area (Å²) in [7, 11) is 0. The first-order valence-electron chi connectivity index (χ1n) is 10.4. The number of benzene rings is 2. The van der Waals surface area contributed by atoms with Gasteiger partial charge in [0, 0.05) is 35.1 Å². The third kappa shape index (κ3) is 3.70. The van der Waals surface area contributed by atoms with Gasteiger partial charge in [0.05, 0.1) is 0 Å². The second-order valence-corrected chi connectivity index (χ2v) is 8.31. The summed E-state index contributed by atoms with van der Waals surface area (Å²) in [5, 5.41) is 3.60. The molecule has 3 aromatic rings. The van der Waals surface area contributed by atoms with E-state index in [2.05, 4.69) is 5.32 Å². The van der Waals surface area contributed by atoms with Gasteiger partial charge in [-0.15, -0.1) is 0 Å². The van der Waals surface area contributed by atoms with Crippen molar-refractivity contribution in [3.63, 3.8) is 0 Å². The van der Waals surface area contributed by atoms with E-state index in [1.165, 1.54) is 12.1 Å². The van der Waals surface area contributed by atoms with E-state index >= 15 is 0 Å². The number of nitrogens with zero attached hydrogens (tertiary/aromatic N) is 1. The molecule has 5 nitrogen and oxygen atoms in total. The molecular formula is C24H23FN2O3. The van der Waals surface area contributed by atoms with E-state index in [1.807, 2.05) is 17.0 Å². The Bertz CT molecular complexity index is 1130. The molecule has 0 spiro atoms. The summed E-state index contributed by atoms with van der Waals surface area (Å²) in [6.07, 6.45) is 4.02. The first-order chi connectivity index (χ1) is 14.5. The maximum Gasteiger partial charge on any atom is 0.290 e. The smallest absolute Gasteiger partial charge is 0.290 e. The molecule has 2 aliphatic rings. The Kier molecular flexibility index (Phi) is 4.57. The van der Waals surface area contributed by atoms with E-state index in [-0.39, 0.29) is 29.4 Å². The van der Waals surface area contributed by atoms with Crippen LogP contribution in [0.5, 0.6) is 0 Å². The van der Waals surface area contributed by atoms with Crippen LogP contribution >= 0.6 is 0 Å². The van der Waals surface area contributed by atoms with Crippen LogP contribution in [0.25, 0.3) is 11.0 Å². The molecule has 0 saturated heterocycles. The van der Waals surface area contributed by atoms with E-state index in [4.69, 9.17) is 4.42 Å². The Balaban J connectivity index is 1.36. The number of hydrogen-bond acceptors (Lipinski definition) is 3. The van der Waals surface area contributed by atoms with Gasteiger partial charge in [-0.25, -0.2) is 4.39 Å². The summed E-state index contributed by atoms with van der Waals surface area (Å²) in [6, 6.07) is 12.2. The number of halogens is 1. The lowest BCUT2D eigenvalue weighted by Crippen LogP contribution is -2.32. The standard InChI is InChI=1S/C24H23FN2O3/c1-14-20-12-17(25)6-11-21(20)30-22(14)24(29)27(19-9-10-19)13-15-2-4-16(5-3-15)23(28)26-18-7-8-18/h2-6,11-12,18-19H,7-10,13H2,1H3,(H,26,28). The number of nitrogens with one attached hydrogen (secondary N) is 1. The third-order valence-corrected chi connectivity index (χ3v) is 5.82. The van der Waals surface area contributed by atoms with Crippen molar-refractivity contribution in [1.82, 2.24) is 10.2 Å². The Labute approximate surface area is 173 Å². The molecule has 2 amide bonds. The molecule has 5 rings (SSSR count). The number of amides is 2. The van der Waals surface area contributed by atoms with Crippen LogP contribution in [0.1, 0.15) is 57.7 Å². The topological polar surface area (TPSA) is 62.6 Å². The largest absolute Gasteiger partial charge is 0.451 e. The molecule has 6 heteroatoms. The second kappa shape index (κ2) is 7.27. The lowest BCUT2D eigenvalue weighted by atomic mass is 10.1. The minimum atomic E-state index is -0.352. The Morgan fingerprint density at radius 1 is 1.10 bits per heavy atom. The van der Waals surface area contributed by atoms with Crippen molar-refractivity contribution in [2.24, 2.45) is 0 Å². The van der Waals surface area contributed by atoms with Gasteiger partial charge in [-0.1, -0.05) is 12.1 Å². The highest BCUT2D eigenvalue weighted by molar-refractivity contribution is 5.99. The normalized spacial score (nSPS) is 15.9. The van der Waals surface area contributed by atoms with Crippen molar-refractivity contribution in [2.45, 2.75) is 51.2 Å². The van der Waals surface area contributed by atoms with Crippen molar-refractivity contribution in [3.8, 4) is 0 Å².